The van der Waals surface area contributed by atoms with E-state index < -0.39 is 0 Å². The van der Waals surface area contributed by atoms with Crippen LogP contribution >= 0.6 is 0 Å². The van der Waals surface area contributed by atoms with Crippen molar-refractivity contribution in [1.82, 2.24) is 5.32 Å². The van der Waals surface area contributed by atoms with Crippen LogP contribution in [0.25, 0.3) is 0 Å². The van der Waals surface area contributed by atoms with Crippen LogP contribution in [0.3, 0.4) is 0 Å². The highest BCUT2D eigenvalue weighted by Gasteiger charge is 2.11. The second-order valence-electron chi connectivity index (χ2n) is 4.67. The van der Waals surface area contributed by atoms with Gasteiger partial charge in [-0.2, -0.15) is 0 Å². The fourth-order valence-corrected chi connectivity index (χ4v) is 2.26. The van der Waals surface area contributed by atoms with Crippen molar-refractivity contribution in [3.63, 3.8) is 0 Å². The molecule has 0 unspecified atom stereocenters. The van der Waals surface area contributed by atoms with Crippen LogP contribution in [0.5, 0.6) is 11.5 Å². The molecule has 0 atom stereocenters. The van der Waals surface area contributed by atoms with Crippen LogP contribution in [0.2, 0.25) is 0 Å². The third-order valence-corrected chi connectivity index (χ3v) is 3.19. The van der Waals surface area contributed by atoms with E-state index in [0.717, 1.165) is 41.4 Å². The fraction of sp³-hybridized carbons (Fsp3) is 0.294. The summed E-state index contributed by atoms with van der Waals surface area (Å²) >= 11 is 0. The van der Waals surface area contributed by atoms with Gasteiger partial charge in [-0.1, -0.05) is 12.1 Å². The number of nitrogens with one attached hydrogen (secondary N) is 1. The van der Waals surface area contributed by atoms with Gasteiger partial charge in [-0.05, 0) is 30.2 Å². The first-order chi connectivity index (χ1) is 10.3. The van der Waals surface area contributed by atoms with Crippen LogP contribution in [-0.2, 0) is 19.5 Å². The maximum Gasteiger partial charge on any atom is 0.164 e. The normalized spacial score (nSPS) is 10.4. The third-order valence-electron chi connectivity index (χ3n) is 3.19. The molecule has 21 heavy (non-hydrogen) atoms. The van der Waals surface area contributed by atoms with Gasteiger partial charge in [-0.3, -0.25) is 0 Å². The lowest BCUT2D eigenvalue weighted by Gasteiger charge is -2.14. The molecule has 0 aliphatic carbocycles. The quantitative estimate of drug-likeness (QED) is 0.756. The zero-order chi connectivity index (χ0) is 15.1. The van der Waals surface area contributed by atoms with Crippen molar-refractivity contribution in [2.75, 3.05) is 14.2 Å². The van der Waals surface area contributed by atoms with Crippen LogP contribution in [0.4, 0.5) is 0 Å². The standard InChI is InChI=1S/C17H21NO3/c1-4-6-14-9-13(10-16(19-2)17(14)20-3)11-18-12-15-7-5-8-21-15/h4-5,7-10,18H,1,6,11-12H2,2-3H3. The Labute approximate surface area is 125 Å². The second-order valence-corrected chi connectivity index (χ2v) is 4.67. The van der Waals surface area contributed by atoms with Crippen LogP contribution in [0.1, 0.15) is 16.9 Å². The molecule has 4 nitrogen and oxygen atoms in total. The molecule has 0 bridgehead atoms. The van der Waals surface area contributed by atoms with Crippen LogP contribution < -0.4 is 14.8 Å². The summed E-state index contributed by atoms with van der Waals surface area (Å²) in [6, 6.07) is 7.93. The molecule has 0 aliphatic rings. The summed E-state index contributed by atoms with van der Waals surface area (Å²) < 4.78 is 16.1. The van der Waals surface area contributed by atoms with E-state index in [1.165, 1.54) is 0 Å². The summed E-state index contributed by atoms with van der Waals surface area (Å²) in [7, 11) is 3.30. The molecule has 0 spiro atoms. The maximum atomic E-state index is 5.43. The number of allylic oxidation sites excluding steroid dienone is 1. The summed E-state index contributed by atoms with van der Waals surface area (Å²) in [5, 5.41) is 3.35. The van der Waals surface area contributed by atoms with Gasteiger partial charge in [0.15, 0.2) is 11.5 Å². The van der Waals surface area contributed by atoms with Crippen LogP contribution in [-0.4, -0.2) is 14.2 Å². The number of rotatable bonds is 8. The maximum absolute atomic E-state index is 5.43. The van der Waals surface area contributed by atoms with E-state index in [2.05, 4.69) is 18.0 Å². The van der Waals surface area contributed by atoms with E-state index in [1.807, 2.05) is 24.3 Å². The molecule has 0 fully saturated rings. The van der Waals surface area contributed by atoms with Crippen molar-refractivity contribution in [1.29, 1.82) is 0 Å². The molecule has 0 radical (unpaired) electrons. The highest BCUT2D eigenvalue weighted by Crippen LogP contribution is 2.33. The van der Waals surface area contributed by atoms with E-state index in [1.54, 1.807) is 20.5 Å². The monoisotopic (exact) mass is 287 g/mol. The number of hydrogen-bond acceptors (Lipinski definition) is 4. The molecule has 1 aromatic carbocycles. The molecular formula is C17H21NO3. The van der Waals surface area contributed by atoms with Crippen molar-refractivity contribution in [2.24, 2.45) is 0 Å². The summed E-state index contributed by atoms with van der Waals surface area (Å²) in [4.78, 5) is 0. The molecule has 4 heteroatoms. The topological polar surface area (TPSA) is 43.6 Å². The minimum absolute atomic E-state index is 0.693. The van der Waals surface area contributed by atoms with Crippen molar-refractivity contribution in [2.45, 2.75) is 19.5 Å². The smallest absolute Gasteiger partial charge is 0.164 e. The van der Waals surface area contributed by atoms with Crippen molar-refractivity contribution >= 4 is 0 Å². The first-order valence-corrected chi connectivity index (χ1v) is 6.86. The molecule has 0 saturated carbocycles. The number of methoxy groups -OCH3 is 2. The van der Waals surface area contributed by atoms with Gasteiger partial charge in [-0.25, -0.2) is 0 Å². The Kier molecular flexibility index (Phi) is 5.46. The number of benzene rings is 1. The molecule has 1 heterocycles. The first-order valence-electron chi connectivity index (χ1n) is 6.86. The lowest BCUT2D eigenvalue weighted by Crippen LogP contribution is -2.12. The van der Waals surface area contributed by atoms with Gasteiger partial charge < -0.3 is 19.2 Å². The minimum atomic E-state index is 0.693. The summed E-state index contributed by atoms with van der Waals surface area (Å²) in [6.45, 7) is 5.21. The summed E-state index contributed by atoms with van der Waals surface area (Å²) in [6.07, 6.45) is 4.28. The summed E-state index contributed by atoms with van der Waals surface area (Å²) in [5.41, 5.74) is 2.21. The highest BCUT2D eigenvalue weighted by atomic mass is 16.5. The molecular weight excluding hydrogens is 266 g/mol. The molecule has 2 rings (SSSR count). The molecule has 0 amide bonds. The van der Waals surface area contributed by atoms with Crippen LogP contribution in [0, 0.1) is 0 Å². The lowest BCUT2D eigenvalue weighted by atomic mass is 10.1. The van der Waals surface area contributed by atoms with Gasteiger partial charge in [0.1, 0.15) is 5.76 Å². The molecule has 0 aliphatic heterocycles. The van der Waals surface area contributed by atoms with Crippen molar-refractivity contribution in [3.05, 3.63) is 60.1 Å². The molecule has 1 aromatic heterocycles. The predicted molar refractivity (Wildman–Crippen MR) is 82.7 cm³/mol. The van der Waals surface area contributed by atoms with E-state index >= 15 is 0 Å². The van der Waals surface area contributed by atoms with E-state index in [9.17, 15) is 0 Å². The SMILES string of the molecule is C=CCc1cc(CNCc2ccco2)cc(OC)c1OC. The predicted octanol–water partition coefficient (Wildman–Crippen LogP) is 3.32. The minimum Gasteiger partial charge on any atom is -0.493 e. The third kappa shape index (κ3) is 3.89. The Bertz CT molecular complexity index is 576. The van der Waals surface area contributed by atoms with E-state index in [0.29, 0.717) is 6.54 Å². The van der Waals surface area contributed by atoms with E-state index in [4.69, 9.17) is 13.9 Å². The number of hydrogen-bond donors (Lipinski definition) is 1. The zero-order valence-electron chi connectivity index (χ0n) is 12.5. The van der Waals surface area contributed by atoms with Gasteiger partial charge in [0.25, 0.3) is 0 Å². The Balaban J connectivity index is 2.11. The number of furan rings is 1. The Hall–Kier alpha value is -2.20. The summed E-state index contributed by atoms with van der Waals surface area (Å²) in [5.74, 6) is 2.43. The number of ether oxygens (including phenoxy) is 2. The largest absolute Gasteiger partial charge is 0.493 e. The molecule has 2 aromatic rings. The van der Waals surface area contributed by atoms with Crippen LogP contribution in [0.15, 0.2) is 47.6 Å². The van der Waals surface area contributed by atoms with Gasteiger partial charge in [0, 0.05) is 12.1 Å². The Morgan fingerprint density at radius 1 is 1.24 bits per heavy atom. The second kappa shape index (κ2) is 7.55. The average Bonchev–Trinajstić information content (AvgIpc) is 3.00. The Morgan fingerprint density at radius 3 is 2.71 bits per heavy atom. The van der Waals surface area contributed by atoms with E-state index in [-0.39, 0.29) is 0 Å². The van der Waals surface area contributed by atoms with Gasteiger partial charge in [0.2, 0.25) is 0 Å². The molecule has 0 saturated heterocycles. The fourth-order valence-electron chi connectivity index (χ4n) is 2.26. The molecule has 1 N–H and O–H groups in total. The zero-order valence-corrected chi connectivity index (χ0v) is 12.5. The van der Waals surface area contributed by atoms with Gasteiger partial charge in [-0.15, -0.1) is 6.58 Å². The van der Waals surface area contributed by atoms with Gasteiger partial charge >= 0.3 is 0 Å². The first kappa shape index (κ1) is 15.2. The average molecular weight is 287 g/mol. The lowest BCUT2D eigenvalue weighted by molar-refractivity contribution is 0.351. The van der Waals surface area contributed by atoms with Crippen molar-refractivity contribution in [3.8, 4) is 11.5 Å². The highest BCUT2D eigenvalue weighted by molar-refractivity contribution is 5.50. The Morgan fingerprint density at radius 2 is 2.10 bits per heavy atom. The van der Waals surface area contributed by atoms with Crippen molar-refractivity contribution < 1.29 is 13.9 Å². The van der Waals surface area contributed by atoms with Gasteiger partial charge in [0.05, 0.1) is 27.0 Å². The molecule has 112 valence electrons.